The first-order valence-corrected chi connectivity index (χ1v) is 15.9. The third kappa shape index (κ3) is 3.71. The van der Waals surface area contributed by atoms with Gasteiger partial charge in [0.15, 0.2) is 0 Å². The van der Waals surface area contributed by atoms with Crippen molar-refractivity contribution in [1.82, 2.24) is 9.13 Å². The van der Waals surface area contributed by atoms with Gasteiger partial charge in [0.25, 0.3) is 0 Å². The highest BCUT2D eigenvalue weighted by Gasteiger charge is 2.16. The van der Waals surface area contributed by atoms with Gasteiger partial charge in [0.05, 0.1) is 22.1 Å². The van der Waals surface area contributed by atoms with Gasteiger partial charge in [0, 0.05) is 32.9 Å². The molecule has 2 aromatic heterocycles. The van der Waals surface area contributed by atoms with Gasteiger partial charge in [0.2, 0.25) is 0 Å². The Kier molecular flexibility index (Phi) is 5.31. The third-order valence-corrected chi connectivity index (χ3v) is 9.66. The van der Waals surface area contributed by atoms with Crippen molar-refractivity contribution < 1.29 is 0 Å². The summed E-state index contributed by atoms with van der Waals surface area (Å²) in [6.45, 7) is 0. The van der Waals surface area contributed by atoms with Gasteiger partial charge in [0.1, 0.15) is 0 Å². The second kappa shape index (κ2) is 9.69. The summed E-state index contributed by atoms with van der Waals surface area (Å²) in [4.78, 5) is 0. The van der Waals surface area contributed by atoms with E-state index in [-0.39, 0.29) is 0 Å². The fraction of sp³-hybridized carbons (Fsp3) is 0. The van der Waals surface area contributed by atoms with Crippen LogP contribution in [0.1, 0.15) is 0 Å². The molecule has 46 heavy (non-hydrogen) atoms. The number of rotatable bonds is 3. The first-order valence-electron chi connectivity index (χ1n) is 15.9. The zero-order chi connectivity index (χ0) is 30.2. The summed E-state index contributed by atoms with van der Waals surface area (Å²) in [6, 6.07) is 62.1. The number of benzene rings is 8. The Morgan fingerprint density at radius 2 is 0.652 bits per heavy atom. The van der Waals surface area contributed by atoms with Crippen LogP contribution in [0.25, 0.3) is 87.7 Å². The summed E-state index contributed by atoms with van der Waals surface area (Å²) in [5.74, 6) is 0. The maximum Gasteiger partial charge on any atom is 0.0541 e. The number of fused-ring (bicyclic) bond motifs is 8. The molecule has 0 amide bonds. The molecule has 0 spiro atoms. The van der Waals surface area contributed by atoms with Crippen LogP contribution in [-0.4, -0.2) is 9.13 Å². The molecule has 8 aromatic carbocycles. The first kappa shape index (κ1) is 25.2. The second-order valence-electron chi connectivity index (χ2n) is 12.2. The SMILES string of the molecule is c1ccc2cc(-n3c4ccccc4c4cc(-c5ccc6c(c5)c5ccccc5n6-c5ccc6ccccc6c5)ccc43)ccc2c1. The maximum absolute atomic E-state index is 2.40. The molecule has 0 unspecified atom stereocenters. The van der Waals surface area contributed by atoms with Crippen LogP contribution >= 0.6 is 0 Å². The van der Waals surface area contributed by atoms with Gasteiger partial charge < -0.3 is 9.13 Å². The Morgan fingerprint density at radius 1 is 0.261 bits per heavy atom. The van der Waals surface area contributed by atoms with E-state index in [4.69, 9.17) is 0 Å². The van der Waals surface area contributed by atoms with Gasteiger partial charge in [-0.05, 0) is 93.3 Å². The van der Waals surface area contributed by atoms with Crippen molar-refractivity contribution >= 4 is 65.2 Å². The van der Waals surface area contributed by atoms with Gasteiger partial charge in [-0.25, -0.2) is 0 Å². The minimum absolute atomic E-state index is 1.18. The Labute approximate surface area is 266 Å². The Morgan fingerprint density at radius 3 is 1.13 bits per heavy atom. The fourth-order valence-corrected chi connectivity index (χ4v) is 7.49. The van der Waals surface area contributed by atoms with Crippen LogP contribution in [0.3, 0.4) is 0 Å². The van der Waals surface area contributed by atoms with E-state index in [2.05, 4.69) is 179 Å². The molecule has 0 aliphatic carbocycles. The fourth-order valence-electron chi connectivity index (χ4n) is 7.49. The van der Waals surface area contributed by atoms with E-state index < -0.39 is 0 Å². The van der Waals surface area contributed by atoms with Gasteiger partial charge in [-0.3, -0.25) is 0 Å². The van der Waals surface area contributed by atoms with Crippen LogP contribution < -0.4 is 0 Å². The molecule has 0 saturated carbocycles. The lowest BCUT2D eigenvalue weighted by Crippen LogP contribution is -1.94. The highest BCUT2D eigenvalue weighted by atomic mass is 15.0. The summed E-state index contributed by atoms with van der Waals surface area (Å²) in [7, 11) is 0. The molecule has 0 aliphatic heterocycles. The summed E-state index contributed by atoms with van der Waals surface area (Å²) < 4.78 is 4.81. The molecule has 0 N–H and O–H groups in total. The van der Waals surface area contributed by atoms with Gasteiger partial charge in [-0.1, -0.05) is 109 Å². The number of hydrogen-bond donors (Lipinski definition) is 0. The van der Waals surface area contributed by atoms with Crippen LogP contribution in [0.5, 0.6) is 0 Å². The second-order valence-corrected chi connectivity index (χ2v) is 12.2. The highest BCUT2D eigenvalue weighted by Crippen LogP contribution is 2.38. The van der Waals surface area contributed by atoms with E-state index in [1.807, 2.05) is 0 Å². The summed E-state index contributed by atoms with van der Waals surface area (Å²) in [5, 5.41) is 10.1. The standard InChI is InChI=1S/C44H28N2/c1-3-11-31-25-35(21-17-29(31)9-1)45-41-15-7-5-13-37(41)39-27-33(19-23-43(39)45)34-20-24-44-40(28-34)38-14-6-8-16-42(38)46(44)36-22-18-30-10-2-4-12-32(30)26-36/h1-28H. The van der Waals surface area contributed by atoms with Gasteiger partial charge in [-0.2, -0.15) is 0 Å². The van der Waals surface area contributed by atoms with Crippen LogP contribution in [0.15, 0.2) is 170 Å². The summed E-state index contributed by atoms with van der Waals surface area (Å²) in [5.41, 5.74) is 9.68. The topological polar surface area (TPSA) is 9.86 Å². The lowest BCUT2D eigenvalue weighted by Gasteiger charge is -2.10. The highest BCUT2D eigenvalue weighted by molar-refractivity contribution is 6.13. The predicted octanol–water partition coefficient (Wildman–Crippen LogP) is 11.9. The lowest BCUT2D eigenvalue weighted by atomic mass is 10.0. The molecule has 2 nitrogen and oxygen atoms in total. The van der Waals surface area contributed by atoms with Crippen molar-refractivity contribution in [1.29, 1.82) is 0 Å². The average Bonchev–Trinajstić information content (AvgIpc) is 3.63. The molecule has 214 valence electrons. The Bertz CT molecular complexity index is 2620. The molecule has 2 heteroatoms. The lowest BCUT2D eigenvalue weighted by molar-refractivity contribution is 1.18. The van der Waals surface area contributed by atoms with Gasteiger partial charge in [-0.15, -0.1) is 0 Å². The molecule has 10 rings (SSSR count). The van der Waals surface area contributed by atoms with Crippen LogP contribution in [-0.2, 0) is 0 Å². The zero-order valence-corrected chi connectivity index (χ0v) is 25.1. The monoisotopic (exact) mass is 584 g/mol. The molecule has 0 fully saturated rings. The van der Waals surface area contributed by atoms with Crippen molar-refractivity contribution in [3.8, 4) is 22.5 Å². The van der Waals surface area contributed by atoms with Crippen molar-refractivity contribution in [2.45, 2.75) is 0 Å². The van der Waals surface area contributed by atoms with Gasteiger partial charge >= 0.3 is 0 Å². The quantitative estimate of drug-likeness (QED) is 0.195. The minimum Gasteiger partial charge on any atom is -0.309 e. The number of hydrogen-bond acceptors (Lipinski definition) is 0. The molecule has 0 saturated heterocycles. The van der Waals surface area contributed by atoms with Crippen LogP contribution in [0.4, 0.5) is 0 Å². The Hall–Kier alpha value is -6.12. The van der Waals surface area contributed by atoms with E-state index in [9.17, 15) is 0 Å². The molecule has 10 aromatic rings. The van der Waals surface area contributed by atoms with Crippen molar-refractivity contribution in [3.05, 3.63) is 170 Å². The number of aromatic nitrogens is 2. The number of para-hydroxylation sites is 2. The van der Waals surface area contributed by atoms with Crippen LogP contribution in [0.2, 0.25) is 0 Å². The molecular weight excluding hydrogens is 556 g/mol. The van der Waals surface area contributed by atoms with Crippen LogP contribution in [0, 0.1) is 0 Å². The van der Waals surface area contributed by atoms with Crippen molar-refractivity contribution in [2.75, 3.05) is 0 Å². The molecule has 0 radical (unpaired) electrons. The van der Waals surface area contributed by atoms with E-state index in [1.165, 1.54) is 87.7 Å². The Balaban J connectivity index is 1.16. The molecular formula is C44H28N2. The largest absolute Gasteiger partial charge is 0.309 e. The molecule has 2 heterocycles. The normalized spacial score (nSPS) is 11.9. The van der Waals surface area contributed by atoms with Crippen molar-refractivity contribution in [3.63, 3.8) is 0 Å². The van der Waals surface area contributed by atoms with E-state index in [0.717, 1.165) is 0 Å². The number of nitrogens with zero attached hydrogens (tertiary/aromatic N) is 2. The zero-order valence-electron chi connectivity index (χ0n) is 25.1. The van der Waals surface area contributed by atoms with E-state index in [1.54, 1.807) is 0 Å². The van der Waals surface area contributed by atoms with E-state index in [0.29, 0.717) is 0 Å². The van der Waals surface area contributed by atoms with Crippen molar-refractivity contribution in [2.24, 2.45) is 0 Å². The first-order chi connectivity index (χ1) is 22.8. The minimum atomic E-state index is 1.18. The smallest absolute Gasteiger partial charge is 0.0541 e. The third-order valence-electron chi connectivity index (χ3n) is 9.66. The average molecular weight is 585 g/mol. The maximum atomic E-state index is 2.40. The molecule has 0 aliphatic rings. The molecule has 0 bridgehead atoms. The van der Waals surface area contributed by atoms with E-state index >= 15 is 0 Å². The molecule has 0 atom stereocenters. The predicted molar refractivity (Wildman–Crippen MR) is 196 cm³/mol. The summed E-state index contributed by atoms with van der Waals surface area (Å²) >= 11 is 0. The summed E-state index contributed by atoms with van der Waals surface area (Å²) in [6.07, 6.45) is 0.